The predicted molar refractivity (Wildman–Crippen MR) is 112 cm³/mol. The van der Waals surface area contributed by atoms with Crippen LogP contribution in [0.5, 0.6) is 11.5 Å². The van der Waals surface area contributed by atoms with Gasteiger partial charge in [-0.2, -0.15) is 8.78 Å². The molecule has 3 aromatic carbocycles. The van der Waals surface area contributed by atoms with E-state index in [1.54, 1.807) is 24.3 Å². The standard InChI is InChI=1S/C23H19F3N2O4/c1-31-19-9-8-16(12-20(19)32-23(25)26)21(29)27-13-14-4-2-7-18(10-14)28-22(30)15-5-3-6-17(24)11-15/h2-12,23H,13H2,1H3,(H,27,29)(H,28,30). The fourth-order valence-electron chi connectivity index (χ4n) is 2.88. The Morgan fingerprint density at radius 2 is 1.66 bits per heavy atom. The Morgan fingerprint density at radius 1 is 0.906 bits per heavy atom. The zero-order chi connectivity index (χ0) is 23.1. The monoisotopic (exact) mass is 444 g/mol. The first-order valence-corrected chi connectivity index (χ1v) is 9.42. The maximum Gasteiger partial charge on any atom is 0.387 e. The van der Waals surface area contributed by atoms with Gasteiger partial charge in [0.15, 0.2) is 11.5 Å². The number of ether oxygens (including phenoxy) is 2. The molecule has 32 heavy (non-hydrogen) atoms. The molecule has 0 heterocycles. The molecular formula is C23H19F3N2O4. The maximum atomic E-state index is 13.3. The zero-order valence-corrected chi connectivity index (χ0v) is 16.9. The largest absolute Gasteiger partial charge is 0.493 e. The molecule has 0 aliphatic carbocycles. The lowest BCUT2D eigenvalue weighted by atomic mass is 10.1. The number of anilines is 1. The molecule has 0 saturated carbocycles. The molecule has 9 heteroatoms. The van der Waals surface area contributed by atoms with Gasteiger partial charge < -0.3 is 20.1 Å². The summed E-state index contributed by atoms with van der Waals surface area (Å²) in [6.07, 6.45) is 0. The van der Waals surface area contributed by atoms with Crippen LogP contribution in [0.2, 0.25) is 0 Å². The third kappa shape index (κ3) is 6.00. The van der Waals surface area contributed by atoms with E-state index in [0.29, 0.717) is 11.3 Å². The summed E-state index contributed by atoms with van der Waals surface area (Å²) in [5, 5.41) is 5.33. The van der Waals surface area contributed by atoms with E-state index in [0.717, 1.165) is 12.1 Å². The van der Waals surface area contributed by atoms with Gasteiger partial charge in [-0.05, 0) is 54.1 Å². The van der Waals surface area contributed by atoms with Crippen LogP contribution in [0.25, 0.3) is 0 Å². The molecule has 0 unspecified atom stereocenters. The SMILES string of the molecule is COc1ccc(C(=O)NCc2cccc(NC(=O)c3cccc(F)c3)c2)cc1OC(F)F. The molecule has 6 nitrogen and oxygen atoms in total. The summed E-state index contributed by atoms with van der Waals surface area (Å²) < 4.78 is 47.8. The molecule has 0 spiro atoms. The highest BCUT2D eigenvalue weighted by atomic mass is 19.3. The molecule has 0 saturated heterocycles. The zero-order valence-electron chi connectivity index (χ0n) is 16.9. The smallest absolute Gasteiger partial charge is 0.387 e. The number of methoxy groups -OCH3 is 1. The number of amides is 2. The summed E-state index contributed by atoms with van der Waals surface area (Å²) in [5.74, 6) is -1.69. The van der Waals surface area contributed by atoms with Crippen LogP contribution in [0.1, 0.15) is 26.3 Å². The Labute approximate surface area is 182 Å². The summed E-state index contributed by atoms with van der Waals surface area (Å²) in [7, 11) is 1.30. The van der Waals surface area contributed by atoms with Crippen LogP contribution < -0.4 is 20.1 Å². The van der Waals surface area contributed by atoms with Gasteiger partial charge >= 0.3 is 6.61 Å². The minimum Gasteiger partial charge on any atom is -0.493 e. The lowest BCUT2D eigenvalue weighted by molar-refractivity contribution is -0.0512. The summed E-state index contributed by atoms with van der Waals surface area (Å²) in [4.78, 5) is 24.7. The van der Waals surface area contributed by atoms with Gasteiger partial charge in [-0.15, -0.1) is 0 Å². The molecule has 3 rings (SSSR count). The van der Waals surface area contributed by atoms with Crippen LogP contribution in [0.3, 0.4) is 0 Å². The number of carbonyl (C=O) groups is 2. The number of hydrogen-bond donors (Lipinski definition) is 2. The Bertz CT molecular complexity index is 1120. The number of rotatable bonds is 8. The van der Waals surface area contributed by atoms with E-state index in [1.807, 2.05) is 0 Å². The summed E-state index contributed by atoms with van der Waals surface area (Å²) in [6.45, 7) is -2.95. The van der Waals surface area contributed by atoms with Gasteiger partial charge in [0.2, 0.25) is 0 Å². The van der Waals surface area contributed by atoms with Gasteiger partial charge in [-0.25, -0.2) is 4.39 Å². The van der Waals surface area contributed by atoms with E-state index in [-0.39, 0.29) is 29.2 Å². The first kappa shape index (κ1) is 22.7. The van der Waals surface area contributed by atoms with Gasteiger partial charge in [0.1, 0.15) is 5.82 Å². The van der Waals surface area contributed by atoms with Crippen molar-refractivity contribution in [1.29, 1.82) is 0 Å². The van der Waals surface area contributed by atoms with Crippen molar-refractivity contribution < 1.29 is 32.2 Å². The van der Waals surface area contributed by atoms with E-state index in [9.17, 15) is 22.8 Å². The second-order valence-electron chi connectivity index (χ2n) is 6.59. The van der Waals surface area contributed by atoms with E-state index in [4.69, 9.17) is 4.74 Å². The molecule has 166 valence electrons. The number of carbonyl (C=O) groups excluding carboxylic acids is 2. The van der Waals surface area contributed by atoms with Crippen molar-refractivity contribution in [2.45, 2.75) is 13.2 Å². The Hall–Kier alpha value is -4.01. The topological polar surface area (TPSA) is 76.7 Å². The number of hydrogen-bond acceptors (Lipinski definition) is 4. The van der Waals surface area contributed by atoms with E-state index in [2.05, 4.69) is 15.4 Å². The van der Waals surface area contributed by atoms with Crippen molar-refractivity contribution in [1.82, 2.24) is 5.32 Å². The number of nitrogens with one attached hydrogen (secondary N) is 2. The van der Waals surface area contributed by atoms with Gasteiger partial charge in [0, 0.05) is 23.4 Å². The van der Waals surface area contributed by atoms with Crippen LogP contribution in [0.4, 0.5) is 18.9 Å². The molecule has 0 aromatic heterocycles. The third-order valence-corrected chi connectivity index (χ3v) is 4.37. The molecule has 0 aliphatic heterocycles. The molecule has 3 aromatic rings. The molecule has 2 N–H and O–H groups in total. The van der Waals surface area contributed by atoms with Gasteiger partial charge in [-0.1, -0.05) is 18.2 Å². The molecule has 0 fully saturated rings. The minimum atomic E-state index is -3.06. The van der Waals surface area contributed by atoms with Crippen molar-refractivity contribution in [3.05, 3.63) is 89.2 Å². The Kier molecular flexibility index (Phi) is 7.33. The van der Waals surface area contributed by atoms with Crippen LogP contribution in [-0.4, -0.2) is 25.5 Å². The fourth-order valence-corrected chi connectivity index (χ4v) is 2.88. The van der Waals surface area contributed by atoms with Gasteiger partial charge in [0.25, 0.3) is 11.8 Å². The average Bonchev–Trinajstić information content (AvgIpc) is 2.77. The third-order valence-electron chi connectivity index (χ3n) is 4.37. The highest BCUT2D eigenvalue weighted by Gasteiger charge is 2.15. The van der Waals surface area contributed by atoms with E-state index in [1.165, 1.54) is 37.4 Å². The van der Waals surface area contributed by atoms with Crippen molar-refractivity contribution in [2.75, 3.05) is 12.4 Å². The molecule has 2 amide bonds. The number of benzene rings is 3. The van der Waals surface area contributed by atoms with Crippen LogP contribution in [0.15, 0.2) is 66.7 Å². The quantitative estimate of drug-likeness (QED) is 0.532. The van der Waals surface area contributed by atoms with Gasteiger partial charge in [0.05, 0.1) is 7.11 Å². The van der Waals surface area contributed by atoms with Crippen LogP contribution >= 0.6 is 0 Å². The first-order valence-electron chi connectivity index (χ1n) is 9.42. The molecule has 0 radical (unpaired) electrons. The molecule has 0 bridgehead atoms. The second kappa shape index (κ2) is 10.3. The maximum absolute atomic E-state index is 13.3. The number of halogens is 3. The summed E-state index contributed by atoms with van der Waals surface area (Å²) in [5.41, 5.74) is 1.41. The molecule has 0 atom stereocenters. The van der Waals surface area contributed by atoms with Crippen molar-refractivity contribution >= 4 is 17.5 Å². The highest BCUT2D eigenvalue weighted by Crippen LogP contribution is 2.29. The fraction of sp³-hybridized carbons (Fsp3) is 0.130. The first-order chi connectivity index (χ1) is 15.4. The van der Waals surface area contributed by atoms with Gasteiger partial charge in [-0.3, -0.25) is 9.59 Å². The summed E-state index contributed by atoms with van der Waals surface area (Å²) in [6, 6.07) is 16.0. The average molecular weight is 444 g/mol. The predicted octanol–water partition coefficient (Wildman–Crippen LogP) is 4.62. The van der Waals surface area contributed by atoms with Crippen molar-refractivity contribution in [3.63, 3.8) is 0 Å². The highest BCUT2D eigenvalue weighted by molar-refractivity contribution is 6.04. The lowest BCUT2D eigenvalue weighted by Crippen LogP contribution is -2.23. The van der Waals surface area contributed by atoms with E-state index >= 15 is 0 Å². The number of alkyl halides is 2. The van der Waals surface area contributed by atoms with Crippen molar-refractivity contribution in [2.24, 2.45) is 0 Å². The van der Waals surface area contributed by atoms with Crippen LogP contribution in [-0.2, 0) is 6.54 Å². The Balaban J connectivity index is 1.65. The Morgan fingerprint density at radius 3 is 2.38 bits per heavy atom. The lowest BCUT2D eigenvalue weighted by Gasteiger charge is -2.12. The molecule has 0 aliphatic rings. The summed E-state index contributed by atoms with van der Waals surface area (Å²) >= 11 is 0. The van der Waals surface area contributed by atoms with Crippen molar-refractivity contribution in [3.8, 4) is 11.5 Å². The second-order valence-corrected chi connectivity index (χ2v) is 6.59. The normalized spacial score (nSPS) is 10.5. The molecular weight excluding hydrogens is 425 g/mol. The van der Waals surface area contributed by atoms with E-state index < -0.39 is 24.2 Å². The van der Waals surface area contributed by atoms with Crippen LogP contribution in [0, 0.1) is 5.82 Å². The minimum absolute atomic E-state index is 0.0728.